The van der Waals surface area contributed by atoms with Gasteiger partial charge >= 0.3 is 0 Å². The molecule has 0 saturated heterocycles. The van der Waals surface area contributed by atoms with Crippen molar-refractivity contribution in [1.29, 1.82) is 0 Å². The first kappa shape index (κ1) is 23.8. The summed E-state index contributed by atoms with van der Waals surface area (Å²) in [7, 11) is 0. The van der Waals surface area contributed by atoms with Crippen molar-refractivity contribution in [1.82, 2.24) is 0 Å². The van der Waals surface area contributed by atoms with E-state index in [9.17, 15) is 0 Å². The monoisotopic (exact) mass is 411 g/mol. The fourth-order valence-electron chi connectivity index (χ4n) is 6.04. The number of hydrogen-bond donors (Lipinski definition) is 0. The highest BCUT2D eigenvalue weighted by Gasteiger charge is 2.43. The Balaban J connectivity index is 1.47. The number of allylic oxidation sites excluding steroid dienone is 4. The summed E-state index contributed by atoms with van der Waals surface area (Å²) < 4.78 is 0. The number of hydrogen-bond acceptors (Lipinski definition) is 1. The van der Waals surface area contributed by atoms with Gasteiger partial charge in [0, 0.05) is 12.3 Å². The van der Waals surface area contributed by atoms with E-state index in [0.717, 1.165) is 18.4 Å². The van der Waals surface area contributed by atoms with Crippen LogP contribution in [0, 0.1) is 17.3 Å². The lowest BCUT2D eigenvalue weighted by Crippen LogP contribution is -2.23. The zero-order valence-electron chi connectivity index (χ0n) is 20.9. The van der Waals surface area contributed by atoms with Crippen molar-refractivity contribution in [3.05, 3.63) is 22.3 Å². The summed E-state index contributed by atoms with van der Waals surface area (Å²) in [6, 6.07) is 0. The molecule has 170 valence electrons. The summed E-state index contributed by atoms with van der Waals surface area (Å²) in [5.74, 6) is 1.67. The molecular weight excluding hydrogens is 362 g/mol. The molecular formula is C29H49N. The predicted molar refractivity (Wildman–Crippen MR) is 133 cm³/mol. The lowest BCUT2D eigenvalue weighted by Gasteiger charge is -2.31. The molecule has 2 atom stereocenters. The van der Waals surface area contributed by atoms with Crippen molar-refractivity contribution in [2.45, 2.75) is 131 Å². The number of unbranched alkanes of at least 4 members (excludes halogenated alkanes) is 2. The summed E-state index contributed by atoms with van der Waals surface area (Å²) >= 11 is 0. The summed E-state index contributed by atoms with van der Waals surface area (Å²) in [6.45, 7) is 12.7. The molecule has 0 spiro atoms. The van der Waals surface area contributed by atoms with E-state index in [1.807, 2.05) is 11.1 Å². The van der Waals surface area contributed by atoms with E-state index in [-0.39, 0.29) is 0 Å². The molecule has 3 aliphatic rings. The van der Waals surface area contributed by atoms with Gasteiger partial charge in [-0.15, -0.1) is 0 Å². The minimum Gasteiger partial charge on any atom is -0.294 e. The second kappa shape index (κ2) is 11.1. The Labute approximate surface area is 187 Å². The van der Waals surface area contributed by atoms with Gasteiger partial charge in [0.15, 0.2) is 0 Å². The SMILES string of the molecule is CCN=C(CCC(=C1CCC1)C(CC)CCCCCC1(C)CC1=C(C)C)C1CCC1. The van der Waals surface area contributed by atoms with Crippen molar-refractivity contribution in [2.75, 3.05) is 6.54 Å². The van der Waals surface area contributed by atoms with E-state index in [0.29, 0.717) is 5.41 Å². The molecule has 3 aliphatic carbocycles. The van der Waals surface area contributed by atoms with Crippen molar-refractivity contribution in [3.63, 3.8) is 0 Å². The molecule has 0 amide bonds. The molecule has 0 bridgehead atoms. The summed E-state index contributed by atoms with van der Waals surface area (Å²) in [5.41, 5.74) is 9.16. The molecule has 30 heavy (non-hydrogen) atoms. The van der Waals surface area contributed by atoms with Crippen molar-refractivity contribution in [2.24, 2.45) is 22.2 Å². The maximum Gasteiger partial charge on any atom is 0.0360 e. The first-order valence-electron chi connectivity index (χ1n) is 13.4. The first-order valence-corrected chi connectivity index (χ1v) is 13.4. The zero-order chi connectivity index (χ0) is 21.6. The molecule has 0 heterocycles. The van der Waals surface area contributed by atoms with E-state index in [1.54, 1.807) is 16.9 Å². The summed E-state index contributed by atoms with van der Waals surface area (Å²) in [6.07, 6.45) is 20.8. The van der Waals surface area contributed by atoms with Gasteiger partial charge in [-0.25, -0.2) is 0 Å². The molecule has 0 aliphatic heterocycles. The summed E-state index contributed by atoms with van der Waals surface area (Å²) in [5, 5.41) is 0. The van der Waals surface area contributed by atoms with E-state index in [4.69, 9.17) is 4.99 Å². The minimum atomic E-state index is 0.568. The Morgan fingerprint density at radius 3 is 2.30 bits per heavy atom. The lowest BCUT2D eigenvalue weighted by molar-refractivity contribution is 0.405. The highest BCUT2D eigenvalue weighted by atomic mass is 14.7. The smallest absolute Gasteiger partial charge is 0.0360 e. The van der Waals surface area contributed by atoms with Crippen LogP contribution in [0.3, 0.4) is 0 Å². The molecule has 3 rings (SSSR count). The van der Waals surface area contributed by atoms with Crippen LogP contribution in [-0.2, 0) is 0 Å². The average Bonchev–Trinajstić information content (AvgIpc) is 3.31. The largest absolute Gasteiger partial charge is 0.294 e. The van der Waals surface area contributed by atoms with Crippen LogP contribution >= 0.6 is 0 Å². The molecule has 3 saturated carbocycles. The second-order valence-electron chi connectivity index (χ2n) is 11.0. The highest BCUT2D eigenvalue weighted by Crippen LogP contribution is 2.56. The van der Waals surface area contributed by atoms with Crippen molar-refractivity contribution >= 4 is 5.71 Å². The van der Waals surface area contributed by atoms with Crippen LogP contribution in [0.4, 0.5) is 0 Å². The van der Waals surface area contributed by atoms with Crippen LogP contribution in [0.15, 0.2) is 27.3 Å². The van der Waals surface area contributed by atoms with E-state index >= 15 is 0 Å². The van der Waals surface area contributed by atoms with Gasteiger partial charge in [0.05, 0.1) is 0 Å². The maximum atomic E-state index is 4.93. The quantitative estimate of drug-likeness (QED) is 0.163. The zero-order valence-corrected chi connectivity index (χ0v) is 20.9. The topological polar surface area (TPSA) is 12.4 Å². The number of rotatable bonds is 13. The van der Waals surface area contributed by atoms with E-state index in [1.165, 1.54) is 96.3 Å². The molecule has 0 aromatic heterocycles. The van der Waals surface area contributed by atoms with Crippen molar-refractivity contribution in [3.8, 4) is 0 Å². The van der Waals surface area contributed by atoms with Crippen LogP contribution in [0.5, 0.6) is 0 Å². The van der Waals surface area contributed by atoms with Gasteiger partial charge in [-0.3, -0.25) is 4.99 Å². The lowest BCUT2D eigenvalue weighted by atomic mass is 9.75. The third-order valence-corrected chi connectivity index (χ3v) is 8.54. The Morgan fingerprint density at radius 2 is 1.80 bits per heavy atom. The summed E-state index contributed by atoms with van der Waals surface area (Å²) in [4.78, 5) is 4.93. The van der Waals surface area contributed by atoms with Gasteiger partial charge in [-0.1, -0.05) is 61.8 Å². The predicted octanol–water partition coefficient (Wildman–Crippen LogP) is 9.23. The van der Waals surface area contributed by atoms with E-state index < -0.39 is 0 Å². The molecule has 3 fully saturated rings. The molecule has 0 N–H and O–H groups in total. The van der Waals surface area contributed by atoms with Crippen LogP contribution in [0.25, 0.3) is 0 Å². The Bertz CT molecular complexity index is 650. The van der Waals surface area contributed by atoms with Gasteiger partial charge in [0.2, 0.25) is 0 Å². The molecule has 1 nitrogen and oxygen atoms in total. The Kier molecular flexibility index (Phi) is 8.84. The van der Waals surface area contributed by atoms with Gasteiger partial charge in [-0.05, 0) is 109 Å². The molecule has 2 unspecified atom stereocenters. The molecule has 0 aromatic carbocycles. The number of aliphatic imine (C=N–C) groups is 1. The van der Waals surface area contributed by atoms with Crippen LogP contribution in [0.2, 0.25) is 0 Å². The van der Waals surface area contributed by atoms with Crippen molar-refractivity contribution < 1.29 is 0 Å². The Morgan fingerprint density at radius 1 is 1.03 bits per heavy atom. The van der Waals surface area contributed by atoms with Gasteiger partial charge < -0.3 is 0 Å². The Hall–Kier alpha value is -0.850. The third-order valence-electron chi connectivity index (χ3n) is 8.54. The molecule has 0 radical (unpaired) electrons. The van der Waals surface area contributed by atoms with Crippen LogP contribution < -0.4 is 0 Å². The van der Waals surface area contributed by atoms with Gasteiger partial charge in [0.1, 0.15) is 0 Å². The van der Waals surface area contributed by atoms with Gasteiger partial charge in [0.25, 0.3) is 0 Å². The molecule has 1 heteroatoms. The maximum absolute atomic E-state index is 4.93. The molecule has 0 aromatic rings. The second-order valence-corrected chi connectivity index (χ2v) is 11.0. The average molecular weight is 412 g/mol. The first-order chi connectivity index (χ1) is 14.5. The van der Waals surface area contributed by atoms with Crippen LogP contribution in [-0.4, -0.2) is 12.3 Å². The van der Waals surface area contributed by atoms with Gasteiger partial charge in [-0.2, -0.15) is 0 Å². The van der Waals surface area contributed by atoms with Crippen LogP contribution in [0.1, 0.15) is 131 Å². The van der Waals surface area contributed by atoms with E-state index in [2.05, 4.69) is 34.6 Å². The fraction of sp³-hybridized carbons (Fsp3) is 0.828. The third kappa shape index (κ3) is 6.10. The number of nitrogens with zero attached hydrogens (tertiary/aromatic N) is 1. The minimum absolute atomic E-state index is 0.568. The normalized spacial score (nSPS) is 25.0. The highest BCUT2D eigenvalue weighted by molar-refractivity contribution is 5.87. The standard InChI is InChI=1S/C29H49N/c1-6-23(13-9-8-10-20-29(5)21-27(29)22(3)4)26(24-14-11-15-24)18-19-28(30-7-2)25-16-12-17-25/h23,25H,6-21H2,1-5H3. The fourth-order valence-corrected chi connectivity index (χ4v) is 6.04.